The van der Waals surface area contributed by atoms with Crippen LogP contribution in [0.4, 0.5) is 8.78 Å². The third-order valence-electron chi connectivity index (χ3n) is 1.94. The standard InChI is InChI=1S/C10H11ClF2O2/c1-15-8-4-2-3-7(5-8)6-9(14)10(11,12)13/h2-5,9,14H,6H2,1H3. The second kappa shape index (κ2) is 4.77. The van der Waals surface area contributed by atoms with Crippen molar-refractivity contribution in [1.82, 2.24) is 0 Å². The predicted octanol–water partition coefficient (Wildman–Crippen LogP) is 2.43. The van der Waals surface area contributed by atoms with Crippen LogP contribution in [0.25, 0.3) is 0 Å². The van der Waals surface area contributed by atoms with Crippen molar-refractivity contribution in [2.75, 3.05) is 7.11 Å². The fraction of sp³-hybridized carbons (Fsp3) is 0.400. The molecule has 0 radical (unpaired) electrons. The average molecular weight is 237 g/mol. The molecule has 15 heavy (non-hydrogen) atoms. The van der Waals surface area contributed by atoms with Gasteiger partial charge in [-0.3, -0.25) is 0 Å². The number of halogens is 3. The topological polar surface area (TPSA) is 29.5 Å². The minimum Gasteiger partial charge on any atom is -0.497 e. The van der Waals surface area contributed by atoms with E-state index in [0.717, 1.165) is 0 Å². The van der Waals surface area contributed by atoms with Crippen LogP contribution in [-0.2, 0) is 6.42 Å². The number of hydrogen-bond acceptors (Lipinski definition) is 2. The molecule has 84 valence electrons. The quantitative estimate of drug-likeness (QED) is 0.814. The molecule has 0 spiro atoms. The second-order valence-electron chi connectivity index (χ2n) is 3.11. The number of alkyl halides is 3. The van der Waals surface area contributed by atoms with Gasteiger partial charge in [-0.1, -0.05) is 12.1 Å². The Hall–Kier alpha value is -0.870. The summed E-state index contributed by atoms with van der Waals surface area (Å²) in [5.74, 6) is 0.553. The van der Waals surface area contributed by atoms with E-state index in [9.17, 15) is 8.78 Å². The second-order valence-corrected chi connectivity index (χ2v) is 3.62. The van der Waals surface area contributed by atoms with E-state index in [2.05, 4.69) is 0 Å². The Labute approximate surface area is 91.4 Å². The molecule has 0 saturated heterocycles. The van der Waals surface area contributed by atoms with E-state index in [0.29, 0.717) is 11.3 Å². The van der Waals surface area contributed by atoms with Crippen molar-refractivity contribution >= 4 is 11.6 Å². The Morgan fingerprint density at radius 1 is 1.53 bits per heavy atom. The molecule has 0 aliphatic rings. The highest BCUT2D eigenvalue weighted by atomic mass is 35.5. The summed E-state index contributed by atoms with van der Waals surface area (Å²) in [6.07, 6.45) is -2.11. The Kier molecular flexibility index (Phi) is 3.88. The maximum Gasteiger partial charge on any atom is 0.347 e. The fourth-order valence-corrected chi connectivity index (χ4v) is 1.22. The highest BCUT2D eigenvalue weighted by molar-refractivity contribution is 6.22. The summed E-state index contributed by atoms with van der Waals surface area (Å²) in [6.45, 7) is 0. The highest BCUT2D eigenvalue weighted by Crippen LogP contribution is 2.26. The van der Waals surface area contributed by atoms with Gasteiger partial charge in [-0.05, 0) is 29.3 Å². The smallest absolute Gasteiger partial charge is 0.347 e. The first-order chi connectivity index (χ1) is 6.93. The normalized spacial score (nSPS) is 13.7. The van der Waals surface area contributed by atoms with Gasteiger partial charge in [-0.2, -0.15) is 8.78 Å². The maximum absolute atomic E-state index is 12.5. The van der Waals surface area contributed by atoms with Crippen LogP contribution in [0.2, 0.25) is 0 Å². The number of benzene rings is 1. The molecule has 0 bridgehead atoms. The Bertz CT molecular complexity index is 325. The molecule has 1 rings (SSSR count). The van der Waals surface area contributed by atoms with Crippen LogP contribution in [0.5, 0.6) is 5.75 Å². The van der Waals surface area contributed by atoms with Crippen LogP contribution < -0.4 is 4.74 Å². The van der Waals surface area contributed by atoms with Gasteiger partial charge in [-0.15, -0.1) is 0 Å². The molecule has 0 heterocycles. The van der Waals surface area contributed by atoms with Crippen molar-refractivity contribution in [2.24, 2.45) is 0 Å². The van der Waals surface area contributed by atoms with Crippen molar-refractivity contribution in [3.8, 4) is 5.75 Å². The number of methoxy groups -OCH3 is 1. The fourth-order valence-electron chi connectivity index (χ4n) is 1.14. The zero-order chi connectivity index (χ0) is 11.5. The first-order valence-corrected chi connectivity index (χ1v) is 4.69. The summed E-state index contributed by atoms with van der Waals surface area (Å²) in [4.78, 5) is 0. The lowest BCUT2D eigenvalue weighted by molar-refractivity contribution is -0.0397. The van der Waals surface area contributed by atoms with Gasteiger partial charge in [0.15, 0.2) is 0 Å². The summed E-state index contributed by atoms with van der Waals surface area (Å²) in [5.41, 5.74) is 0.544. The van der Waals surface area contributed by atoms with Crippen molar-refractivity contribution < 1.29 is 18.6 Å². The van der Waals surface area contributed by atoms with Crippen molar-refractivity contribution in [1.29, 1.82) is 0 Å². The van der Waals surface area contributed by atoms with Gasteiger partial charge in [0.1, 0.15) is 11.9 Å². The van der Waals surface area contributed by atoms with E-state index >= 15 is 0 Å². The molecule has 2 nitrogen and oxygen atoms in total. The van der Waals surface area contributed by atoms with Crippen LogP contribution in [0, 0.1) is 0 Å². The molecule has 0 saturated carbocycles. The minimum atomic E-state index is -3.61. The van der Waals surface area contributed by atoms with E-state index in [1.807, 2.05) is 0 Å². The van der Waals surface area contributed by atoms with E-state index in [1.165, 1.54) is 7.11 Å². The van der Waals surface area contributed by atoms with Crippen molar-refractivity contribution in [3.05, 3.63) is 29.8 Å². The molecule has 1 atom stereocenters. The molecule has 0 aromatic heterocycles. The molecule has 0 fully saturated rings. The summed E-state index contributed by atoms with van der Waals surface area (Å²) in [6, 6.07) is 6.54. The SMILES string of the molecule is COc1cccc(CC(O)C(F)(F)Cl)c1. The van der Waals surface area contributed by atoms with Gasteiger partial charge in [0, 0.05) is 6.42 Å². The Balaban J connectivity index is 2.72. The van der Waals surface area contributed by atoms with Gasteiger partial charge in [0.2, 0.25) is 0 Å². The van der Waals surface area contributed by atoms with Crippen molar-refractivity contribution in [3.63, 3.8) is 0 Å². The first-order valence-electron chi connectivity index (χ1n) is 4.31. The zero-order valence-corrected chi connectivity index (χ0v) is 8.84. The average Bonchev–Trinajstić information content (AvgIpc) is 2.16. The first kappa shape index (κ1) is 12.2. The lowest BCUT2D eigenvalue weighted by Crippen LogP contribution is -2.29. The van der Waals surface area contributed by atoms with Crippen LogP contribution in [0.1, 0.15) is 5.56 Å². The third-order valence-corrected chi connectivity index (χ3v) is 2.19. The lowest BCUT2D eigenvalue weighted by atomic mass is 10.1. The molecular formula is C10H11ClF2O2. The van der Waals surface area contributed by atoms with Gasteiger partial charge < -0.3 is 9.84 Å². The van der Waals surface area contributed by atoms with E-state index in [-0.39, 0.29) is 6.42 Å². The highest BCUT2D eigenvalue weighted by Gasteiger charge is 2.35. The van der Waals surface area contributed by atoms with Crippen molar-refractivity contribution in [2.45, 2.75) is 17.9 Å². The van der Waals surface area contributed by atoms with Gasteiger partial charge >= 0.3 is 5.38 Å². The number of aliphatic hydroxyl groups excluding tert-OH is 1. The lowest BCUT2D eigenvalue weighted by Gasteiger charge is -2.15. The number of aliphatic hydroxyl groups is 1. The van der Waals surface area contributed by atoms with Crippen LogP contribution >= 0.6 is 11.6 Å². The van der Waals surface area contributed by atoms with Crippen LogP contribution in [-0.4, -0.2) is 23.7 Å². The Morgan fingerprint density at radius 3 is 2.73 bits per heavy atom. The molecule has 1 aromatic rings. The number of ether oxygens (including phenoxy) is 1. The molecule has 0 amide bonds. The molecule has 0 aliphatic heterocycles. The zero-order valence-electron chi connectivity index (χ0n) is 8.08. The monoisotopic (exact) mass is 236 g/mol. The molecule has 0 aliphatic carbocycles. The summed E-state index contributed by atoms with van der Waals surface area (Å²) in [5, 5.41) is 5.47. The van der Waals surface area contributed by atoms with E-state index in [4.69, 9.17) is 21.4 Å². The molecule has 1 N–H and O–H groups in total. The van der Waals surface area contributed by atoms with E-state index in [1.54, 1.807) is 24.3 Å². The maximum atomic E-state index is 12.5. The molecule has 1 unspecified atom stereocenters. The van der Waals surface area contributed by atoms with E-state index < -0.39 is 11.5 Å². The molecular weight excluding hydrogens is 226 g/mol. The largest absolute Gasteiger partial charge is 0.497 e. The van der Waals surface area contributed by atoms with Gasteiger partial charge in [0.25, 0.3) is 0 Å². The molecule has 5 heteroatoms. The summed E-state index contributed by atoms with van der Waals surface area (Å²) in [7, 11) is 1.48. The summed E-state index contributed by atoms with van der Waals surface area (Å²) < 4.78 is 29.9. The number of hydrogen-bond donors (Lipinski definition) is 1. The van der Waals surface area contributed by atoms with Crippen LogP contribution in [0.15, 0.2) is 24.3 Å². The van der Waals surface area contributed by atoms with Gasteiger partial charge in [0.05, 0.1) is 7.11 Å². The number of rotatable bonds is 4. The predicted molar refractivity (Wildman–Crippen MR) is 53.5 cm³/mol. The van der Waals surface area contributed by atoms with Crippen LogP contribution in [0.3, 0.4) is 0 Å². The third kappa shape index (κ3) is 3.64. The summed E-state index contributed by atoms with van der Waals surface area (Å²) >= 11 is 4.69. The molecule has 1 aromatic carbocycles. The minimum absolute atomic E-state index is 0.215. The van der Waals surface area contributed by atoms with Gasteiger partial charge in [-0.25, -0.2) is 0 Å². The Morgan fingerprint density at radius 2 is 2.20 bits per heavy atom.